The molecule has 0 aliphatic carbocycles. The Labute approximate surface area is 68.6 Å². The number of carbonyl (C=O) groups excluding carboxylic acids is 1. The molecule has 0 bridgehead atoms. The van der Waals surface area contributed by atoms with E-state index in [1.807, 2.05) is 27.7 Å². The summed E-state index contributed by atoms with van der Waals surface area (Å²) in [7, 11) is 0. The molecule has 0 rings (SSSR count). The third-order valence-electron chi connectivity index (χ3n) is 1.57. The summed E-state index contributed by atoms with van der Waals surface area (Å²) in [5, 5.41) is 9.29. The third-order valence-corrected chi connectivity index (χ3v) is 1.57. The molecule has 0 fully saturated rings. The van der Waals surface area contributed by atoms with Gasteiger partial charge in [-0.1, -0.05) is 27.7 Å². The van der Waals surface area contributed by atoms with Gasteiger partial charge in [0.05, 0.1) is 0 Å². The van der Waals surface area contributed by atoms with Gasteiger partial charge in [-0.05, 0) is 11.8 Å². The highest BCUT2D eigenvalue weighted by Crippen LogP contribution is 2.08. The number of aliphatic hydroxyl groups is 1. The lowest BCUT2D eigenvalue weighted by Crippen LogP contribution is -2.26. The lowest BCUT2D eigenvalue weighted by molar-refractivity contribution is -0.129. The predicted molar refractivity (Wildman–Crippen MR) is 45.3 cm³/mol. The van der Waals surface area contributed by atoms with E-state index in [1.165, 1.54) is 0 Å². The van der Waals surface area contributed by atoms with Crippen LogP contribution in [-0.4, -0.2) is 17.0 Å². The van der Waals surface area contributed by atoms with E-state index in [0.29, 0.717) is 12.3 Å². The predicted octanol–water partition coefficient (Wildman–Crippen LogP) is 1.62. The van der Waals surface area contributed by atoms with Gasteiger partial charge in [0.25, 0.3) is 0 Å². The molecule has 2 nitrogen and oxygen atoms in total. The van der Waals surface area contributed by atoms with Crippen molar-refractivity contribution < 1.29 is 9.90 Å². The van der Waals surface area contributed by atoms with Crippen LogP contribution >= 0.6 is 0 Å². The Balaban J connectivity index is 3.83. The van der Waals surface area contributed by atoms with Crippen molar-refractivity contribution in [2.24, 2.45) is 11.8 Å². The van der Waals surface area contributed by atoms with E-state index in [9.17, 15) is 9.90 Å². The fraction of sp³-hybridized carbons (Fsp3) is 0.889. The first-order valence-electron chi connectivity index (χ1n) is 4.16. The van der Waals surface area contributed by atoms with Crippen molar-refractivity contribution in [2.75, 3.05) is 0 Å². The van der Waals surface area contributed by atoms with Gasteiger partial charge in [-0.2, -0.15) is 0 Å². The molecular formula is C9H18O2. The topological polar surface area (TPSA) is 37.3 Å². The lowest BCUT2D eigenvalue weighted by Gasteiger charge is -2.13. The van der Waals surface area contributed by atoms with Crippen molar-refractivity contribution >= 4 is 5.78 Å². The summed E-state index contributed by atoms with van der Waals surface area (Å²) >= 11 is 0. The summed E-state index contributed by atoms with van der Waals surface area (Å²) in [4.78, 5) is 11.1. The van der Waals surface area contributed by atoms with Crippen LogP contribution in [0.2, 0.25) is 0 Å². The van der Waals surface area contributed by atoms with E-state index in [-0.39, 0.29) is 11.7 Å². The van der Waals surface area contributed by atoms with Gasteiger partial charge in [-0.15, -0.1) is 0 Å². The summed E-state index contributed by atoms with van der Waals surface area (Å²) in [6.45, 7) is 7.65. The average Bonchev–Trinajstić information content (AvgIpc) is 1.84. The quantitative estimate of drug-likeness (QED) is 0.675. The van der Waals surface area contributed by atoms with Crippen LogP contribution in [0.3, 0.4) is 0 Å². The number of hydrogen-bond acceptors (Lipinski definition) is 2. The molecule has 1 atom stereocenters. The van der Waals surface area contributed by atoms with Crippen LogP contribution in [-0.2, 0) is 4.79 Å². The number of aliphatic hydroxyl groups excluding tert-OH is 1. The molecule has 0 amide bonds. The Morgan fingerprint density at radius 2 is 1.73 bits per heavy atom. The lowest BCUT2D eigenvalue weighted by atomic mass is 9.97. The molecule has 0 aliphatic heterocycles. The number of Topliss-reactive ketones (excluding diaryl/α,β-unsaturated/α-hetero) is 1. The fourth-order valence-electron chi connectivity index (χ4n) is 0.895. The first-order chi connectivity index (χ1) is 4.95. The minimum atomic E-state index is -0.766. The molecule has 0 aromatic carbocycles. The molecule has 0 aromatic rings. The van der Waals surface area contributed by atoms with Crippen LogP contribution in [0.4, 0.5) is 0 Å². The molecule has 0 saturated heterocycles. The minimum absolute atomic E-state index is 0.0324. The number of carbonyl (C=O) groups is 1. The van der Waals surface area contributed by atoms with E-state index >= 15 is 0 Å². The van der Waals surface area contributed by atoms with Crippen molar-refractivity contribution in [1.29, 1.82) is 0 Å². The fourth-order valence-corrected chi connectivity index (χ4v) is 0.895. The van der Waals surface area contributed by atoms with Gasteiger partial charge in [0.2, 0.25) is 0 Å². The number of rotatable bonds is 4. The highest BCUT2D eigenvalue weighted by Gasteiger charge is 2.18. The molecule has 11 heavy (non-hydrogen) atoms. The zero-order valence-electron chi connectivity index (χ0n) is 7.79. The first kappa shape index (κ1) is 10.6. The Morgan fingerprint density at radius 3 is 2.00 bits per heavy atom. The maximum atomic E-state index is 11.1. The average molecular weight is 158 g/mol. The second-order valence-corrected chi connectivity index (χ2v) is 3.75. The van der Waals surface area contributed by atoms with Crippen LogP contribution in [0.15, 0.2) is 0 Å². The normalized spacial score (nSPS) is 14.1. The molecule has 0 radical (unpaired) electrons. The SMILES string of the molecule is CC(C)CC(=O)[C@@H](O)C(C)C. The van der Waals surface area contributed by atoms with E-state index in [4.69, 9.17) is 0 Å². The monoisotopic (exact) mass is 158 g/mol. The maximum Gasteiger partial charge on any atom is 0.161 e. The summed E-state index contributed by atoms with van der Waals surface area (Å²) in [5.41, 5.74) is 0. The van der Waals surface area contributed by atoms with Crippen molar-refractivity contribution in [1.82, 2.24) is 0 Å². The summed E-state index contributed by atoms with van der Waals surface area (Å²) in [5.74, 6) is 0.354. The smallest absolute Gasteiger partial charge is 0.161 e. The summed E-state index contributed by atoms with van der Waals surface area (Å²) < 4.78 is 0. The standard InChI is InChI=1S/C9H18O2/c1-6(2)5-8(10)9(11)7(3)4/h6-7,9,11H,5H2,1-4H3/t9-/m0/s1. The van der Waals surface area contributed by atoms with Gasteiger partial charge in [-0.3, -0.25) is 4.79 Å². The molecule has 0 spiro atoms. The van der Waals surface area contributed by atoms with E-state index in [0.717, 1.165) is 0 Å². The van der Waals surface area contributed by atoms with Gasteiger partial charge in [0.1, 0.15) is 6.10 Å². The molecule has 0 heterocycles. The molecular weight excluding hydrogens is 140 g/mol. The molecule has 1 N–H and O–H groups in total. The van der Waals surface area contributed by atoms with Crippen LogP contribution in [0.25, 0.3) is 0 Å². The highest BCUT2D eigenvalue weighted by molar-refractivity contribution is 5.83. The van der Waals surface area contributed by atoms with E-state index < -0.39 is 6.10 Å². The van der Waals surface area contributed by atoms with Crippen molar-refractivity contribution in [3.63, 3.8) is 0 Å². The largest absolute Gasteiger partial charge is 0.385 e. The van der Waals surface area contributed by atoms with E-state index in [2.05, 4.69) is 0 Å². The van der Waals surface area contributed by atoms with Crippen LogP contribution in [0.5, 0.6) is 0 Å². The summed E-state index contributed by atoms with van der Waals surface area (Å²) in [6.07, 6.45) is -0.281. The van der Waals surface area contributed by atoms with Crippen LogP contribution in [0.1, 0.15) is 34.1 Å². The first-order valence-corrected chi connectivity index (χ1v) is 4.16. The van der Waals surface area contributed by atoms with Gasteiger partial charge in [0.15, 0.2) is 5.78 Å². The molecule has 66 valence electrons. The second kappa shape index (κ2) is 4.50. The number of ketones is 1. The van der Waals surface area contributed by atoms with Crippen molar-refractivity contribution in [2.45, 2.75) is 40.2 Å². The Kier molecular flexibility index (Phi) is 4.34. The van der Waals surface area contributed by atoms with E-state index in [1.54, 1.807) is 0 Å². The van der Waals surface area contributed by atoms with Gasteiger partial charge in [-0.25, -0.2) is 0 Å². The zero-order valence-corrected chi connectivity index (χ0v) is 7.79. The molecule has 0 unspecified atom stereocenters. The van der Waals surface area contributed by atoms with Gasteiger partial charge >= 0.3 is 0 Å². The minimum Gasteiger partial charge on any atom is -0.385 e. The highest BCUT2D eigenvalue weighted by atomic mass is 16.3. The number of hydrogen-bond donors (Lipinski definition) is 1. The second-order valence-electron chi connectivity index (χ2n) is 3.75. The zero-order chi connectivity index (χ0) is 9.02. The Morgan fingerprint density at radius 1 is 1.27 bits per heavy atom. The van der Waals surface area contributed by atoms with Gasteiger partial charge < -0.3 is 5.11 Å². The molecule has 0 aliphatic rings. The van der Waals surface area contributed by atoms with Crippen molar-refractivity contribution in [3.05, 3.63) is 0 Å². The van der Waals surface area contributed by atoms with Crippen LogP contribution < -0.4 is 0 Å². The Bertz CT molecular complexity index is 128. The third kappa shape index (κ3) is 4.14. The Hall–Kier alpha value is -0.370. The maximum absolute atomic E-state index is 11.1. The van der Waals surface area contributed by atoms with Gasteiger partial charge in [0, 0.05) is 6.42 Å². The van der Waals surface area contributed by atoms with Crippen LogP contribution in [0, 0.1) is 11.8 Å². The molecule has 2 heteroatoms. The summed E-state index contributed by atoms with van der Waals surface area (Å²) in [6, 6.07) is 0. The van der Waals surface area contributed by atoms with Crippen molar-refractivity contribution in [3.8, 4) is 0 Å². The molecule has 0 aromatic heterocycles. The molecule has 0 saturated carbocycles.